The fourth-order valence-electron chi connectivity index (χ4n) is 3.23. The van der Waals surface area contributed by atoms with Crippen molar-refractivity contribution in [1.82, 2.24) is 10.2 Å². The van der Waals surface area contributed by atoms with Crippen LogP contribution in [0.25, 0.3) is 0 Å². The molecular weight excluding hydrogens is 232 g/mol. The van der Waals surface area contributed by atoms with E-state index in [1.165, 1.54) is 0 Å². The molecule has 0 aromatic heterocycles. The van der Waals surface area contributed by atoms with Crippen LogP contribution in [0.5, 0.6) is 0 Å². The largest absolute Gasteiger partial charge is 0.348 e. The molecule has 3 fully saturated rings. The predicted molar refractivity (Wildman–Crippen MR) is 66.0 cm³/mol. The number of carbonyl (C=O) groups excluding carboxylic acids is 1. The summed E-state index contributed by atoms with van der Waals surface area (Å²) >= 11 is 0. The number of piperazine rings is 1. The van der Waals surface area contributed by atoms with Gasteiger partial charge in [0.25, 0.3) is 0 Å². The molecular formula is C13H22N2O3. The van der Waals surface area contributed by atoms with Gasteiger partial charge < -0.3 is 19.7 Å². The molecule has 0 radical (unpaired) electrons. The van der Waals surface area contributed by atoms with E-state index < -0.39 is 0 Å². The lowest BCUT2D eigenvalue weighted by atomic mass is 9.84. The van der Waals surface area contributed by atoms with Gasteiger partial charge in [0.2, 0.25) is 5.91 Å². The van der Waals surface area contributed by atoms with E-state index in [1.54, 1.807) is 0 Å². The lowest BCUT2D eigenvalue weighted by molar-refractivity contribution is -0.185. The Balaban J connectivity index is 1.53. The summed E-state index contributed by atoms with van der Waals surface area (Å²) in [6, 6.07) is 0. The zero-order valence-electron chi connectivity index (χ0n) is 10.8. The fourth-order valence-corrected chi connectivity index (χ4v) is 3.23. The van der Waals surface area contributed by atoms with Crippen molar-refractivity contribution in [3.8, 4) is 0 Å². The number of ether oxygens (including phenoxy) is 2. The molecule has 18 heavy (non-hydrogen) atoms. The minimum absolute atomic E-state index is 0.182. The average molecular weight is 254 g/mol. The summed E-state index contributed by atoms with van der Waals surface area (Å²) in [5, 5.41) is 3.28. The average Bonchev–Trinajstić information content (AvgIpc) is 2.88. The van der Waals surface area contributed by atoms with E-state index in [9.17, 15) is 4.79 Å². The maximum atomic E-state index is 12.4. The summed E-state index contributed by atoms with van der Waals surface area (Å²) in [7, 11) is 0. The van der Waals surface area contributed by atoms with Gasteiger partial charge in [-0.1, -0.05) is 0 Å². The summed E-state index contributed by atoms with van der Waals surface area (Å²) in [5.41, 5.74) is 0. The molecule has 0 aromatic carbocycles. The number of carbonyl (C=O) groups is 1. The molecule has 3 rings (SSSR count). The topological polar surface area (TPSA) is 50.8 Å². The van der Waals surface area contributed by atoms with Crippen molar-refractivity contribution in [2.24, 2.45) is 5.92 Å². The van der Waals surface area contributed by atoms with Crippen LogP contribution >= 0.6 is 0 Å². The quantitative estimate of drug-likeness (QED) is 0.733. The number of rotatable bonds is 1. The van der Waals surface area contributed by atoms with Gasteiger partial charge in [0, 0.05) is 44.9 Å². The van der Waals surface area contributed by atoms with Gasteiger partial charge in [-0.25, -0.2) is 0 Å². The molecule has 1 aliphatic carbocycles. The summed E-state index contributed by atoms with van der Waals surface area (Å²) < 4.78 is 11.4. The van der Waals surface area contributed by atoms with E-state index in [4.69, 9.17) is 9.47 Å². The maximum absolute atomic E-state index is 12.4. The second-order valence-electron chi connectivity index (χ2n) is 5.46. The Bertz CT molecular complexity index is 299. The molecule has 5 heteroatoms. The van der Waals surface area contributed by atoms with Gasteiger partial charge in [-0.05, 0) is 12.8 Å². The van der Waals surface area contributed by atoms with E-state index in [1.807, 2.05) is 4.90 Å². The van der Waals surface area contributed by atoms with Gasteiger partial charge in [0.15, 0.2) is 5.79 Å². The Hall–Kier alpha value is -0.650. The van der Waals surface area contributed by atoms with E-state index in [0.717, 1.165) is 51.9 Å². The molecule has 1 spiro atoms. The number of nitrogens with zero attached hydrogens (tertiary/aromatic N) is 1. The SMILES string of the molecule is O=C(C1CCC2(CC1)OCCO2)N1CCNCC1. The highest BCUT2D eigenvalue weighted by Crippen LogP contribution is 2.38. The van der Waals surface area contributed by atoms with Crippen molar-refractivity contribution in [2.75, 3.05) is 39.4 Å². The van der Waals surface area contributed by atoms with Crippen LogP contribution in [0.2, 0.25) is 0 Å². The molecule has 3 aliphatic rings. The van der Waals surface area contributed by atoms with Crippen molar-refractivity contribution in [1.29, 1.82) is 0 Å². The van der Waals surface area contributed by atoms with Crippen LogP contribution in [-0.2, 0) is 14.3 Å². The van der Waals surface area contributed by atoms with Gasteiger partial charge >= 0.3 is 0 Å². The maximum Gasteiger partial charge on any atom is 0.225 e. The molecule has 5 nitrogen and oxygen atoms in total. The molecule has 0 atom stereocenters. The molecule has 102 valence electrons. The Labute approximate surface area is 108 Å². The Morgan fingerprint density at radius 2 is 1.72 bits per heavy atom. The third-order valence-corrected chi connectivity index (χ3v) is 4.34. The van der Waals surface area contributed by atoms with Crippen molar-refractivity contribution in [3.05, 3.63) is 0 Å². The third-order valence-electron chi connectivity index (χ3n) is 4.34. The third kappa shape index (κ3) is 2.39. The monoisotopic (exact) mass is 254 g/mol. The van der Waals surface area contributed by atoms with E-state index in [0.29, 0.717) is 19.1 Å². The zero-order chi connectivity index (χ0) is 12.4. The van der Waals surface area contributed by atoms with E-state index in [2.05, 4.69) is 5.32 Å². The van der Waals surface area contributed by atoms with Crippen molar-refractivity contribution >= 4 is 5.91 Å². The molecule has 1 saturated carbocycles. The molecule has 1 N–H and O–H groups in total. The predicted octanol–water partition coefficient (Wildman–Crippen LogP) is 0.352. The van der Waals surface area contributed by atoms with Crippen LogP contribution in [-0.4, -0.2) is 56.0 Å². The Morgan fingerprint density at radius 3 is 2.33 bits per heavy atom. The minimum Gasteiger partial charge on any atom is -0.348 e. The number of hydrogen-bond acceptors (Lipinski definition) is 4. The normalized spacial score (nSPS) is 28.8. The molecule has 0 aromatic rings. The van der Waals surface area contributed by atoms with Crippen LogP contribution in [0.3, 0.4) is 0 Å². The first kappa shape index (κ1) is 12.4. The number of hydrogen-bond donors (Lipinski definition) is 1. The standard InChI is InChI=1S/C13H22N2O3/c16-12(15-7-5-14-6-8-15)11-1-3-13(4-2-11)17-9-10-18-13/h11,14H,1-10H2. The lowest BCUT2D eigenvalue weighted by Crippen LogP contribution is -2.49. The van der Waals surface area contributed by atoms with Gasteiger partial charge in [0.1, 0.15) is 0 Å². The van der Waals surface area contributed by atoms with Gasteiger partial charge in [0.05, 0.1) is 13.2 Å². The van der Waals surface area contributed by atoms with Crippen LogP contribution in [0.15, 0.2) is 0 Å². The highest BCUT2D eigenvalue weighted by molar-refractivity contribution is 5.79. The van der Waals surface area contributed by atoms with E-state index >= 15 is 0 Å². The lowest BCUT2D eigenvalue weighted by Gasteiger charge is -2.37. The summed E-state index contributed by atoms with van der Waals surface area (Å²) in [6.07, 6.45) is 3.55. The van der Waals surface area contributed by atoms with E-state index in [-0.39, 0.29) is 11.7 Å². The highest BCUT2D eigenvalue weighted by Gasteiger charge is 2.42. The molecule has 2 aliphatic heterocycles. The molecule has 2 heterocycles. The molecule has 0 unspecified atom stereocenters. The molecule has 1 amide bonds. The first-order chi connectivity index (χ1) is 8.79. The van der Waals surface area contributed by atoms with Crippen molar-refractivity contribution in [3.63, 3.8) is 0 Å². The van der Waals surface area contributed by atoms with Gasteiger partial charge in [-0.2, -0.15) is 0 Å². The Kier molecular flexibility index (Phi) is 3.54. The second kappa shape index (κ2) is 5.15. The van der Waals surface area contributed by atoms with Crippen molar-refractivity contribution in [2.45, 2.75) is 31.5 Å². The second-order valence-corrected chi connectivity index (χ2v) is 5.46. The van der Waals surface area contributed by atoms with Crippen LogP contribution in [0, 0.1) is 5.92 Å². The highest BCUT2D eigenvalue weighted by atomic mass is 16.7. The smallest absolute Gasteiger partial charge is 0.225 e. The van der Waals surface area contributed by atoms with Gasteiger partial charge in [-0.3, -0.25) is 4.79 Å². The first-order valence-electron chi connectivity index (χ1n) is 7.07. The summed E-state index contributed by atoms with van der Waals surface area (Å²) in [5.74, 6) is 0.172. The first-order valence-corrected chi connectivity index (χ1v) is 7.07. The number of nitrogens with one attached hydrogen (secondary N) is 1. The van der Waals surface area contributed by atoms with Crippen molar-refractivity contribution < 1.29 is 14.3 Å². The number of amides is 1. The minimum atomic E-state index is -0.347. The van der Waals surface area contributed by atoms with Crippen LogP contribution < -0.4 is 5.32 Å². The van der Waals surface area contributed by atoms with Crippen LogP contribution in [0.1, 0.15) is 25.7 Å². The Morgan fingerprint density at radius 1 is 1.11 bits per heavy atom. The summed E-state index contributed by atoms with van der Waals surface area (Å²) in [6.45, 7) is 4.97. The molecule has 2 saturated heterocycles. The summed E-state index contributed by atoms with van der Waals surface area (Å²) in [4.78, 5) is 14.4. The molecule has 0 bridgehead atoms. The van der Waals surface area contributed by atoms with Crippen LogP contribution in [0.4, 0.5) is 0 Å². The fraction of sp³-hybridized carbons (Fsp3) is 0.923. The van der Waals surface area contributed by atoms with Gasteiger partial charge in [-0.15, -0.1) is 0 Å². The zero-order valence-corrected chi connectivity index (χ0v) is 10.8.